The molecule has 2 heterocycles. The van der Waals surface area contributed by atoms with Crippen molar-refractivity contribution in [2.75, 3.05) is 17.2 Å². The molecular formula is C14H25N4O4S+. The molecule has 0 amide bonds. The number of hydrogen-bond donors (Lipinski definition) is 2. The highest BCUT2D eigenvalue weighted by atomic mass is 32.3. The molecule has 1 aromatic heterocycles. The van der Waals surface area contributed by atoms with Crippen LogP contribution in [0.25, 0.3) is 0 Å². The summed E-state index contributed by atoms with van der Waals surface area (Å²) in [6, 6.07) is 1.92. The zero-order valence-electron chi connectivity index (χ0n) is 13.6. The van der Waals surface area contributed by atoms with Gasteiger partial charge in [0.05, 0.1) is 6.07 Å². The molecule has 1 fully saturated rings. The smallest absolute Gasteiger partial charge is 0.340 e. The van der Waals surface area contributed by atoms with E-state index >= 15 is 0 Å². The van der Waals surface area contributed by atoms with E-state index < -0.39 is 10.4 Å². The third-order valence-corrected chi connectivity index (χ3v) is 4.41. The summed E-state index contributed by atoms with van der Waals surface area (Å²) in [6.45, 7) is 4.86. The standard InChI is InChI=1S/C14H24N4O4S/c1-3-13-16-14(10-12(15)18(13)22-23(19,20)21)17-9-7-5-4-6-8-11(17)2/h10-11,15H,3-9H2,1-2H3,(H,19,20,21)/p+1. The lowest BCUT2D eigenvalue weighted by atomic mass is 10.0. The van der Waals surface area contributed by atoms with E-state index in [0.717, 1.165) is 24.1 Å². The van der Waals surface area contributed by atoms with Gasteiger partial charge in [0.15, 0.2) is 0 Å². The van der Waals surface area contributed by atoms with Crippen LogP contribution in [-0.2, 0) is 16.8 Å². The van der Waals surface area contributed by atoms with Gasteiger partial charge in [-0.2, -0.15) is 8.42 Å². The van der Waals surface area contributed by atoms with Crippen LogP contribution in [0.2, 0.25) is 0 Å². The van der Waals surface area contributed by atoms with Crippen LogP contribution in [0.3, 0.4) is 0 Å². The van der Waals surface area contributed by atoms with Gasteiger partial charge < -0.3 is 10.6 Å². The van der Waals surface area contributed by atoms with Crippen LogP contribution in [0.4, 0.5) is 11.6 Å². The molecule has 3 N–H and O–H groups in total. The first-order valence-corrected chi connectivity index (χ1v) is 9.34. The highest BCUT2D eigenvalue weighted by molar-refractivity contribution is 7.80. The molecule has 1 aliphatic heterocycles. The predicted octanol–water partition coefficient (Wildman–Crippen LogP) is 0.904. The predicted molar refractivity (Wildman–Crippen MR) is 86.2 cm³/mol. The van der Waals surface area contributed by atoms with Crippen molar-refractivity contribution in [2.45, 2.75) is 58.4 Å². The van der Waals surface area contributed by atoms with E-state index in [4.69, 9.17) is 10.3 Å². The molecule has 0 spiro atoms. The van der Waals surface area contributed by atoms with Crippen LogP contribution < -0.4 is 19.6 Å². The number of rotatable bonds is 4. The summed E-state index contributed by atoms with van der Waals surface area (Å²) < 4.78 is 36.2. The van der Waals surface area contributed by atoms with Gasteiger partial charge in [0.2, 0.25) is 5.82 Å². The monoisotopic (exact) mass is 345 g/mol. The topological polar surface area (TPSA) is 110 Å². The second-order valence-electron chi connectivity index (χ2n) is 5.85. The van der Waals surface area contributed by atoms with Gasteiger partial charge in [-0.1, -0.05) is 31.2 Å². The Kier molecular flexibility index (Phi) is 5.64. The quantitative estimate of drug-likeness (QED) is 0.616. The minimum absolute atomic E-state index is 0.0822. The number of aryl methyl sites for hydroxylation is 1. The van der Waals surface area contributed by atoms with Crippen molar-refractivity contribution >= 4 is 22.0 Å². The number of aromatic nitrogens is 2. The van der Waals surface area contributed by atoms with Crippen molar-refractivity contribution in [3.63, 3.8) is 0 Å². The minimum Gasteiger partial charge on any atom is -0.340 e. The van der Waals surface area contributed by atoms with Crippen LogP contribution in [0, 0.1) is 0 Å². The Hall–Kier alpha value is -1.61. The molecule has 8 nitrogen and oxygen atoms in total. The molecule has 1 atom stereocenters. The lowest BCUT2D eigenvalue weighted by molar-refractivity contribution is -0.853. The van der Waals surface area contributed by atoms with E-state index in [1.807, 2.05) is 6.92 Å². The highest BCUT2D eigenvalue weighted by Gasteiger charge is 2.26. The van der Waals surface area contributed by atoms with Crippen molar-refractivity contribution in [3.8, 4) is 0 Å². The molecule has 1 aliphatic rings. The van der Waals surface area contributed by atoms with E-state index in [1.165, 1.54) is 19.3 Å². The second kappa shape index (κ2) is 7.31. The molecular weight excluding hydrogens is 320 g/mol. The van der Waals surface area contributed by atoms with Gasteiger partial charge in [0, 0.05) is 19.0 Å². The Morgan fingerprint density at radius 2 is 2.13 bits per heavy atom. The molecule has 1 unspecified atom stereocenters. The third-order valence-electron chi connectivity index (χ3n) is 4.07. The Bertz CT molecular complexity index is 650. The largest absolute Gasteiger partial charge is 0.476 e. The summed E-state index contributed by atoms with van der Waals surface area (Å²) in [5.41, 5.74) is 5.92. The maximum absolute atomic E-state index is 11.0. The summed E-state index contributed by atoms with van der Waals surface area (Å²) in [4.78, 5) is 6.69. The van der Waals surface area contributed by atoms with E-state index in [2.05, 4.69) is 21.1 Å². The van der Waals surface area contributed by atoms with Gasteiger partial charge in [-0.3, -0.25) is 4.55 Å². The van der Waals surface area contributed by atoms with Gasteiger partial charge in [0.1, 0.15) is 0 Å². The lowest BCUT2D eigenvalue weighted by Crippen LogP contribution is -2.52. The Labute approximate surface area is 137 Å². The van der Waals surface area contributed by atoms with Crippen LogP contribution in [0.15, 0.2) is 6.07 Å². The SMILES string of the molecule is CCc1nc(N2CCCCCCC2C)cc(N)[n+]1OS(=O)(=O)O. The molecule has 0 saturated carbocycles. The maximum atomic E-state index is 11.0. The fraction of sp³-hybridized carbons (Fsp3) is 0.714. The zero-order chi connectivity index (χ0) is 17.0. The number of nitrogens with two attached hydrogens (primary N) is 1. The van der Waals surface area contributed by atoms with Crippen molar-refractivity contribution < 1.29 is 22.0 Å². The van der Waals surface area contributed by atoms with Crippen molar-refractivity contribution in [2.24, 2.45) is 0 Å². The summed E-state index contributed by atoms with van der Waals surface area (Å²) in [5.74, 6) is 1.13. The van der Waals surface area contributed by atoms with Gasteiger partial charge >= 0.3 is 10.4 Å². The first-order valence-electron chi connectivity index (χ1n) is 7.97. The molecule has 0 aromatic carbocycles. The molecule has 2 rings (SSSR count). The van der Waals surface area contributed by atoms with Crippen molar-refractivity contribution in [1.82, 2.24) is 4.98 Å². The molecule has 0 radical (unpaired) electrons. The zero-order valence-corrected chi connectivity index (χ0v) is 14.4. The van der Waals surface area contributed by atoms with E-state index in [-0.39, 0.29) is 5.82 Å². The molecule has 0 bridgehead atoms. The first-order chi connectivity index (χ1) is 10.8. The molecule has 9 heteroatoms. The summed E-state index contributed by atoms with van der Waals surface area (Å²) in [5, 5.41) is 0. The average molecular weight is 345 g/mol. The first kappa shape index (κ1) is 17.7. The normalized spacial score (nSPS) is 20.0. The summed E-state index contributed by atoms with van der Waals surface area (Å²) >= 11 is 0. The van der Waals surface area contributed by atoms with Gasteiger partial charge in [0.25, 0.3) is 11.6 Å². The fourth-order valence-electron chi connectivity index (χ4n) is 2.89. The lowest BCUT2D eigenvalue weighted by Gasteiger charge is -2.30. The van der Waals surface area contributed by atoms with Crippen LogP contribution in [0.1, 0.15) is 51.8 Å². The van der Waals surface area contributed by atoms with E-state index in [0.29, 0.717) is 24.1 Å². The maximum Gasteiger partial charge on any atom is 0.476 e. The fourth-order valence-corrected chi connectivity index (χ4v) is 3.25. The van der Waals surface area contributed by atoms with Crippen molar-refractivity contribution in [1.29, 1.82) is 0 Å². The Morgan fingerprint density at radius 3 is 2.78 bits per heavy atom. The highest BCUT2D eigenvalue weighted by Crippen LogP contribution is 2.23. The van der Waals surface area contributed by atoms with Gasteiger partial charge in [-0.05, 0) is 24.5 Å². The van der Waals surface area contributed by atoms with Gasteiger partial charge in [-0.15, -0.1) is 0 Å². The average Bonchev–Trinajstić information content (AvgIpc) is 2.44. The Balaban J connectivity index is 2.37. The number of nitrogens with zero attached hydrogens (tertiary/aromatic N) is 3. The van der Waals surface area contributed by atoms with Crippen LogP contribution >= 0.6 is 0 Å². The van der Waals surface area contributed by atoms with E-state index in [9.17, 15) is 8.42 Å². The van der Waals surface area contributed by atoms with Crippen molar-refractivity contribution in [3.05, 3.63) is 11.9 Å². The van der Waals surface area contributed by atoms with E-state index in [1.54, 1.807) is 6.07 Å². The third kappa shape index (κ3) is 4.68. The number of nitrogen functional groups attached to an aromatic ring is 1. The number of hydrogen-bond acceptors (Lipinski definition) is 6. The Morgan fingerprint density at radius 1 is 1.43 bits per heavy atom. The van der Waals surface area contributed by atoms with Crippen LogP contribution in [-0.4, -0.2) is 30.5 Å². The molecule has 1 aromatic rings. The van der Waals surface area contributed by atoms with Crippen LogP contribution in [0.5, 0.6) is 0 Å². The van der Waals surface area contributed by atoms with Gasteiger partial charge in [-0.25, -0.2) is 4.28 Å². The molecule has 1 saturated heterocycles. The summed E-state index contributed by atoms with van der Waals surface area (Å²) in [6.07, 6.45) is 6.22. The molecule has 130 valence electrons. The second-order valence-corrected chi connectivity index (χ2v) is 6.86. The molecule has 0 aliphatic carbocycles. The molecule has 23 heavy (non-hydrogen) atoms. The number of anilines is 2. The summed E-state index contributed by atoms with van der Waals surface area (Å²) in [7, 11) is -4.66. The minimum atomic E-state index is -4.66.